The van der Waals surface area contributed by atoms with Crippen LogP contribution in [0.5, 0.6) is 0 Å². The first-order chi connectivity index (χ1) is 15.5. The maximum absolute atomic E-state index is 13.5. The van der Waals surface area contributed by atoms with Crippen molar-refractivity contribution in [2.24, 2.45) is 13.0 Å². The van der Waals surface area contributed by atoms with E-state index in [2.05, 4.69) is 24.0 Å². The van der Waals surface area contributed by atoms with Crippen LogP contribution < -0.4 is 16.1 Å². The quantitative estimate of drug-likeness (QED) is 0.489. The smallest absolute Gasteiger partial charge is 0.332 e. The van der Waals surface area contributed by atoms with Gasteiger partial charge < -0.3 is 9.47 Å². The lowest BCUT2D eigenvalue weighted by molar-refractivity contribution is 0.437. The molecule has 0 saturated heterocycles. The second-order valence-electron chi connectivity index (χ2n) is 8.70. The number of aryl methyl sites for hydroxylation is 1. The zero-order valence-electron chi connectivity index (χ0n) is 18.4. The summed E-state index contributed by atoms with van der Waals surface area (Å²) in [5.41, 5.74) is 2.54. The van der Waals surface area contributed by atoms with Gasteiger partial charge in [0.2, 0.25) is 5.95 Å². The molecule has 7 heteroatoms. The molecule has 2 aromatic carbocycles. The average molecular weight is 430 g/mol. The Bertz CT molecular complexity index is 1370. The molecule has 4 aromatic rings. The summed E-state index contributed by atoms with van der Waals surface area (Å²) in [5, 5.41) is 0. The molecule has 0 bridgehead atoms. The summed E-state index contributed by atoms with van der Waals surface area (Å²) in [6.07, 6.45) is 0.897. The SMILES string of the molecule is C[C@H]1CN(CCc2ccccc2)c2nc3c(c(=O)n(Cc4ccccc4)c(=O)n3C)n2C1. The molecule has 0 radical (unpaired) electrons. The van der Waals surface area contributed by atoms with Crippen molar-refractivity contribution in [2.75, 3.05) is 18.0 Å². The first kappa shape index (κ1) is 20.3. The third kappa shape index (κ3) is 3.53. The summed E-state index contributed by atoms with van der Waals surface area (Å²) in [6.45, 7) is 4.84. The molecule has 0 amide bonds. The van der Waals surface area contributed by atoms with E-state index in [9.17, 15) is 9.59 Å². The van der Waals surface area contributed by atoms with Crippen molar-refractivity contribution in [1.82, 2.24) is 18.7 Å². The molecule has 1 atom stereocenters. The number of nitrogens with zero attached hydrogens (tertiary/aromatic N) is 5. The first-order valence-electron chi connectivity index (χ1n) is 11.1. The maximum atomic E-state index is 13.5. The van der Waals surface area contributed by atoms with Crippen LogP contribution in [0.2, 0.25) is 0 Å². The molecular formula is C25H27N5O2. The number of hydrogen-bond acceptors (Lipinski definition) is 4. The van der Waals surface area contributed by atoms with Crippen LogP contribution in [0.1, 0.15) is 18.1 Å². The normalized spacial score (nSPS) is 15.8. The molecular weight excluding hydrogens is 402 g/mol. The van der Waals surface area contributed by atoms with E-state index in [1.807, 2.05) is 53.1 Å². The fraction of sp³-hybridized carbons (Fsp3) is 0.320. The van der Waals surface area contributed by atoms with Crippen LogP contribution in [0.15, 0.2) is 70.3 Å². The lowest BCUT2D eigenvalue weighted by Crippen LogP contribution is -2.41. The lowest BCUT2D eigenvalue weighted by Gasteiger charge is -2.33. The topological polar surface area (TPSA) is 65.1 Å². The zero-order chi connectivity index (χ0) is 22.2. The molecule has 2 aromatic heterocycles. The Hall–Kier alpha value is -3.61. The molecule has 1 aliphatic rings. The number of rotatable bonds is 5. The Balaban J connectivity index is 1.59. The van der Waals surface area contributed by atoms with Crippen LogP contribution in [-0.2, 0) is 26.6 Å². The van der Waals surface area contributed by atoms with E-state index in [1.165, 1.54) is 14.7 Å². The highest BCUT2D eigenvalue weighted by Crippen LogP contribution is 2.27. The van der Waals surface area contributed by atoms with Gasteiger partial charge >= 0.3 is 5.69 Å². The summed E-state index contributed by atoms with van der Waals surface area (Å²) < 4.78 is 4.84. The Kier molecular flexibility index (Phi) is 5.17. The molecule has 3 heterocycles. The van der Waals surface area contributed by atoms with Gasteiger partial charge in [-0.1, -0.05) is 67.6 Å². The highest BCUT2D eigenvalue weighted by atomic mass is 16.2. The maximum Gasteiger partial charge on any atom is 0.332 e. The second-order valence-corrected chi connectivity index (χ2v) is 8.70. The Morgan fingerprint density at radius 1 is 0.938 bits per heavy atom. The number of anilines is 1. The van der Waals surface area contributed by atoms with Gasteiger partial charge in [0.05, 0.1) is 6.54 Å². The van der Waals surface area contributed by atoms with Crippen molar-refractivity contribution in [3.63, 3.8) is 0 Å². The summed E-state index contributed by atoms with van der Waals surface area (Å²) in [7, 11) is 1.70. The van der Waals surface area contributed by atoms with Crippen molar-refractivity contribution in [1.29, 1.82) is 0 Å². The highest BCUT2D eigenvalue weighted by Gasteiger charge is 2.28. The van der Waals surface area contributed by atoms with Crippen molar-refractivity contribution in [3.8, 4) is 0 Å². The minimum Gasteiger partial charge on any atom is -0.342 e. The number of fused-ring (bicyclic) bond motifs is 3. The van der Waals surface area contributed by atoms with Gasteiger partial charge in [0.25, 0.3) is 5.56 Å². The van der Waals surface area contributed by atoms with Crippen LogP contribution in [0.25, 0.3) is 11.2 Å². The third-order valence-electron chi connectivity index (χ3n) is 6.22. The standard InChI is InChI=1S/C25H27N5O2/c1-18-15-28(14-13-19-9-5-3-6-10-19)24-26-22-21(29(24)16-18)23(31)30(25(32)27(22)2)17-20-11-7-4-8-12-20/h3-12,18H,13-17H2,1-2H3/t18-/m0/s1. The zero-order valence-corrected chi connectivity index (χ0v) is 18.4. The minimum absolute atomic E-state index is 0.246. The van der Waals surface area contributed by atoms with Gasteiger partial charge in [0.15, 0.2) is 11.2 Å². The molecule has 164 valence electrons. The lowest BCUT2D eigenvalue weighted by atomic mass is 10.1. The monoisotopic (exact) mass is 429 g/mol. The molecule has 0 saturated carbocycles. The van der Waals surface area contributed by atoms with E-state index in [4.69, 9.17) is 4.98 Å². The van der Waals surface area contributed by atoms with Crippen LogP contribution in [0.3, 0.4) is 0 Å². The van der Waals surface area contributed by atoms with E-state index in [0.29, 0.717) is 23.6 Å². The van der Waals surface area contributed by atoms with Gasteiger partial charge in [-0.2, -0.15) is 4.98 Å². The van der Waals surface area contributed by atoms with Crippen LogP contribution in [0, 0.1) is 5.92 Å². The fourth-order valence-corrected chi connectivity index (χ4v) is 4.61. The molecule has 1 aliphatic heterocycles. The summed E-state index contributed by atoms with van der Waals surface area (Å²) >= 11 is 0. The van der Waals surface area contributed by atoms with E-state index >= 15 is 0 Å². The van der Waals surface area contributed by atoms with Crippen molar-refractivity contribution < 1.29 is 0 Å². The number of benzene rings is 2. The molecule has 0 spiro atoms. The highest BCUT2D eigenvalue weighted by molar-refractivity contribution is 5.75. The van der Waals surface area contributed by atoms with Gasteiger partial charge in [0.1, 0.15) is 0 Å². The molecule has 5 rings (SSSR count). The number of aromatic nitrogens is 4. The Labute approximate surface area is 186 Å². The van der Waals surface area contributed by atoms with Gasteiger partial charge in [-0.05, 0) is 23.5 Å². The molecule has 0 unspecified atom stereocenters. The van der Waals surface area contributed by atoms with E-state index in [-0.39, 0.29) is 17.8 Å². The summed E-state index contributed by atoms with van der Waals surface area (Å²) in [6, 6.07) is 20.0. The van der Waals surface area contributed by atoms with Crippen LogP contribution >= 0.6 is 0 Å². The predicted molar refractivity (Wildman–Crippen MR) is 126 cm³/mol. The predicted octanol–water partition coefficient (Wildman–Crippen LogP) is 2.64. The molecule has 0 aliphatic carbocycles. The van der Waals surface area contributed by atoms with E-state index in [1.54, 1.807) is 7.05 Å². The summed E-state index contributed by atoms with van der Waals surface area (Å²) in [5.74, 6) is 1.15. The van der Waals surface area contributed by atoms with Crippen molar-refractivity contribution in [2.45, 2.75) is 26.4 Å². The fourth-order valence-electron chi connectivity index (χ4n) is 4.61. The van der Waals surface area contributed by atoms with Gasteiger partial charge in [-0.3, -0.25) is 13.9 Å². The third-order valence-corrected chi connectivity index (χ3v) is 6.22. The van der Waals surface area contributed by atoms with Gasteiger partial charge in [-0.15, -0.1) is 0 Å². The second kappa shape index (κ2) is 8.15. The Morgan fingerprint density at radius 2 is 1.59 bits per heavy atom. The molecule has 0 N–H and O–H groups in total. The molecule has 7 nitrogen and oxygen atoms in total. The van der Waals surface area contributed by atoms with Crippen molar-refractivity contribution in [3.05, 3.63) is 92.6 Å². The van der Waals surface area contributed by atoms with Gasteiger partial charge in [-0.25, -0.2) is 4.79 Å². The Morgan fingerprint density at radius 3 is 2.28 bits per heavy atom. The number of hydrogen-bond donors (Lipinski definition) is 0. The van der Waals surface area contributed by atoms with Crippen LogP contribution in [0.4, 0.5) is 5.95 Å². The first-order valence-corrected chi connectivity index (χ1v) is 11.1. The van der Waals surface area contributed by atoms with E-state index < -0.39 is 0 Å². The number of imidazole rings is 1. The molecule has 32 heavy (non-hydrogen) atoms. The van der Waals surface area contributed by atoms with Crippen LogP contribution in [-0.4, -0.2) is 31.8 Å². The largest absolute Gasteiger partial charge is 0.342 e. The summed E-state index contributed by atoms with van der Waals surface area (Å²) in [4.78, 5) is 33.6. The van der Waals surface area contributed by atoms with E-state index in [0.717, 1.165) is 31.0 Å². The van der Waals surface area contributed by atoms with Crippen molar-refractivity contribution >= 4 is 17.1 Å². The molecule has 0 fully saturated rings. The van der Waals surface area contributed by atoms with Gasteiger partial charge in [0, 0.05) is 26.7 Å². The minimum atomic E-state index is -0.342. The average Bonchev–Trinajstić information content (AvgIpc) is 3.20.